The fourth-order valence-corrected chi connectivity index (χ4v) is 2.18. The van der Waals surface area contributed by atoms with E-state index in [0.717, 1.165) is 25.1 Å². The number of hydrogen-bond donors (Lipinski definition) is 0. The Kier molecular flexibility index (Phi) is 2.86. The molecule has 0 bridgehead atoms. The molecule has 4 nitrogen and oxygen atoms in total. The summed E-state index contributed by atoms with van der Waals surface area (Å²) in [5, 5.41) is 3.61. The van der Waals surface area contributed by atoms with E-state index in [9.17, 15) is 4.79 Å². The van der Waals surface area contributed by atoms with Crippen molar-refractivity contribution in [2.24, 2.45) is 0 Å². The maximum absolute atomic E-state index is 11.7. The van der Waals surface area contributed by atoms with Crippen LogP contribution in [0.3, 0.4) is 0 Å². The number of amides is 1. The van der Waals surface area contributed by atoms with E-state index < -0.39 is 0 Å². The van der Waals surface area contributed by atoms with Crippen LogP contribution in [-0.2, 0) is 11.3 Å². The molecule has 0 spiro atoms. The van der Waals surface area contributed by atoms with E-state index in [1.807, 2.05) is 0 Å². The van der Waals surface area contributed by atoms with Gasteiger partial charge in [-0.3, -0.25) is 4.79 Å². The van der Waals surface area contributed by atoms with Crippen molar-refractivity contribution in [2.75, 3.05) is 6.54 Å². The molecule has 1 fully saturated rings. The average molecular weight is 259 g/mol. The van der Waals surface area contributed by atoms with Crippen LogP contribution in [0.25, 0.3) is 0 Å². The van der Waals surface area contributed by atoms with Gasteiger partial charge in [-0.25, -0.2) is 0 Å². The minimum absolute atomic E-state index is 0.0285. The lowest BCUT2D eigenvalue weighted by atomic mass is 10.1. The fourth-order valence-electron chi connectivity index (χ4n) is 1.56. The SMILES string of the molecule is O=C1C(Br)CCCN1Cc1ccno1. The Labute approximate surface area is 90.4 Å². The molecule has 1 aliphatic heterocycles. The quantitative estimate of drug-likeness (QED) is 0.757. The van der Waals surface area contributed by atoms with Gasteiger partial charge >= 0.3 is 0 Å². The monoisotopic (exact) mass is 258 g/mol. The lowest BCUT2D eigenvalue weighted by Gasteiger charge is -2.28. The number of carbonyl (C=O) groups excluding carboxylic acids is 1. The van der Waals surface area contributed by atoms with Gasteiger partial charge in [-0.2, -0.15) is 0 Å². The number of piperidine rings is 1. The molecule has 76 valence electrons. The lowest BCUT2D eigenvalue weighted by molar-refractivity contribution is -0.133. The van der Waals surface area contributed by atoms with E-state index in [1.165, 1.54) is 0 Å². The van der Waals surface area contributed by atoms with Gasteiger partial charge in [0, 0.05) is 12.6 Å². The molecule has 1 aromatic heterocycles. The number of carbonyl (C=O) groups is 1. The smallest absolute Gasteiger partial charge is 0.236 e. The van der Waals surface area contributed by atoms with Crippen molar-refractivity contribution in [2.45, 2.75) is 24.2 Å². The van der Waals surface area contributed by atoms with Gasteiger partial charge in [-0.05, 0) is 12.8 Å². The molecule has 0 aromatic carbocycles. The molecule has 1 atom stereocenters. The molecule has 1 saturated heterocycles. The molecule has 0 aliphatic carbocycles. The molecule has 0 N–H and O–H groups in total. The van der Waals surface area contributed by atoms with Crippen LogP contribution < -0.4 is 0 Å². The Morgan fingerprint density at radius 3 is 3.29 bits per heavy atom. The summed E-state index contributed by atoms with van der Waals surface area (Å²) < 4.78 is 4.96. The van der Waals surface area contributed by atoms with Crippen molar-refractivity contribution in [3.8, 4) is 0 Å². The number of alkyl halides is 1. The molecule has 2 heterocycles. The zero-order chi connectivity index (χ0) is 9.97. The highest BCUT2D eigenvalue weighted by molar-refractivity contribution is 9.10. The Hall–Kier alpha value is -0.840. The third kappa shape index (κ3) is 1.97. The van der Waals surface area contributed by atoms with Crippen molar-refractivity contribution in [3.63, 3.8) is 0 Å². The summed E-state index contributed by atoms with van der Waals surface area (Å²) in [6, 6.07) is 1.78. The maximum atomic E-state index is 11.7. The van der Waals surface area contributed by atoms with Crippen molar-refractivity contribution >= 4 is 21.8 Å². The van der Waals surface area contributed by atoms with Crippen LogP contribution in [0.4, 0.5) is 0 Å². The summed E-state index contributed by atoms with van der Waals surface area (Å²) in [4.78, 5) is 13.4. The maximum Gasteiger partial charge on any atom is 0.236 e. The Morgan fingerprint density at radius 1 is 1.71 bits per heavy atom. The highest BCUT2D eigenvalue weighted by atomic mass is 79.9. The summed E-state index contributed by atoms with van der Waals surface area (Å²) in [6.07, 6.45) is 3.55. The van der Waals surface area contributed by atoms with Gasteiger partial charge in [0.1, 0.15) is 0 Å². The molecule has 0 saturated carbocycles. The van der Waals surface area contributed by atoms with Crippen molar-refractivity contribution in [1.82, 2.24) is 10.1 Å². The first-order valence-electron chi connectivity index (χ1n) is 4.60. The molecule has 2 rings (SSSR count). The van der Waals surface area contributed by atoms with Crippen LogP contribution in [0.15, 0.2) is 16.8 Å². The van der Waals surface area contributed by atoms with Crippen molar-refractivity contribution in [3.05, 3.63) is 18.0 Å². The lowest BCUT2D eigenvalue weighted by Crippen LogP contribution is -2.40. The van der Waals surface area contributed by atoms with E-state index in [-0.39, 0.29) is 10.7 Å². The van der Waals surface area contributed by atoms with Crippen LogP contribution in [0.2, 0.25) is 0 Å². The molecule has 0 radical (unpaired) electrons. The molecule has 1 unspecified atom stereocenters. The largest absolute Gasteiger partial charge is 0.360 e. The number of likely N-dealkylation sites (tertiary alicyclic amines) is 1. The summed E-state index contributed by atoms with van der Waals surface area (Å²) >= 11 is 3.36. The second-order valence-electron chi connectivity index (χ2n) is 3.35. The normalized spacial score (nSPS) is 22.8. The van der Waals surface area contributed by atoms with Crippen LogP contribution in [-0.4, -0.2) is 27.3 Å². The van der Waals surface area contributed by atoms with Crippen LogP contribution in [0, 0.1) is 0 Å². The summed E-state index contributed by atoms with van der Waals surface area (Å²) in [5.74, 6) is 0.882. The highest BCUT2D eigenvalue weighted by Gasteiger charge is 2.26. The van der Waals surface area contributed by atoms with Gasteiger partial charge in [0.25, 0.3) is 0 Å². The van der Waals surface area contributed by atoms with Crippen LogP contribution in [0.5, 0.6) is 0 Å². The van der Waals surface area contributed by atoms with E-state index >= 15 is 0 Å². The van der Waals surface area contributed by atoms with Gasteiger partial charge in [-0.15, -0.1) is 0 Å². The molecule has 1 amide bonds. The topological polar surface area (TPSA) is 46.3 Å². The number of hydrogen-bond acceptors (Lipinski definition) is 3. The molecule has 1 aliphatic rings. The first kappa shape index (κ1) is 9.71. The number of rotatable bonds is 2. The summed E-state index contributed by atoms with van der Waals surface area (Å²) in [7, 11) is 0. The Bertz CT molecular complexity index is 313. The van der Waals surface area contributed by atoms with Gasteiger partial charge in [0.15, 0.2) is 5.76 Å². The second kappa shape index (κ2) is 4.13. The zero-order valence-corrected chi connectivity index (χ0v) is 9.24. The molecular weight excluding hydrogens is 248 g/mol. The van der Waals surface area contributed by atoms with Crippen molar-refractivity contribution < 1.29 is 9.32 Å². The molecular formula is C9H11BrN2O2. The summed E-state index contributed by atoms with van der Waals surface area (Å²) in [6.45, 7) is 1.34. The second-order valence-corrected chi connectivity index (χ2v) is 4.45. The first-order valence-corrected chi connectivity index (χ1v) is 5.51. The minimum atomic E-state index is -0.0285. The Balaban J connectivity index is 2.00. The van der Waals surface area contributed by atoms with Crippen LogP contribution in [0.1, 0.15) is 18.6 Å². The van der Waals surface area contributed by atoms with E-state index in [1.54, 1.807) is 17.2 Å². The predicted molar refractivity (Wildman–Crippen MR) is 53.9 cm³/mol. The van der Waals surface area contributed by atoms with E-state index in [4.69, 9.17) is 4.52 Å². The van der Waals surface area contributed by atoms with Gasteiger partial charge in [-0.1, -0.05) is 21.1 Å². The molecule has 5 heteroatoms. The fraction of sp³-hybridized carbons (Fsp3) is 0.556. The standard InChI is InChI=1S/C9H11BrN2O2/c10-8-2-1-5-12(9(8)13)6-7-3-4-11-14-7/h3-4,8H,1-2,5-6H2. The van der Waals surface area contributed by atoms with E-state index in [2.05, 4.69) is 21.1 Å². The molecule has 1 aromatic rings. The predicted octanol–water partition coefficient (Wildman–Crippen LogP) is 1.56. The van der Waals surface area contributed by atoms with Gasteiger partial charge in [0.05, 0.1) is 17.6 Å². The highest BCUT2D eigenvalue weighted by Crippen LogP contribution is 2.19. The zero-order valence-electron chi connectivity index (χ0n) is 7.65. The third-order valence-electron chi connectivity index (χ3n) is 2.30. The average Bonchev–Trinajstić information content (AvgIpc) is 2.66. The van der Waals surface area contributed by atoms with Crippen molar-refractivity contribution in [1.29, 1.82) is 0 Å². The van der Waals surface area contributed by atoms with Gasteiger partial charge in [0.2, 0.25) is 5.91 Å². The Morgan fingerprint density at radius 2 is 2.57 bits per heavy atom. The number of nitrogens with zero attached hydrogens (tertiary/aromatic N) is 2. The first-order chi connectivity index (χ1) is 6.77. The summed E-state index contributed by atoms with van der Waals surface area (Å²) in [5.41, 5.74) is 0. The third-order valence-corrected chi connectivity index (χ3v) is 3.15. The number of halogens is 1. The van der Waals surface area contributed by atoms with Gasteiger partial charge < -0.3 is 9.42 Å². The van der Waals surface area contributed by atoms with Crippen LogP contribution >= 0.6 is 15.9 Å². The minimum Gasteiger partial charge on any atom is -0.360 e. The van der Waals surface area contributed by atoms with E-state index in [0.29, 0.717) is 6.54 Å². The number of aromatic nitrogens is 1. The molecule has 14 heavy (non-hydrogen) atoms.